The van der Waals surface area contributed by atoms with E-state index in [1.165, 1.54) is 0 Å². The zero-order chi connectivity index (χ0) is 16.4. The zero-order valence-electron chi connectivity index (χ0n) is 11.7. The SMILES string of the molecule is OC[C@H]1O[C@@H](O[C@@H]2CO[C@H](CO)[C@@H](O)[C@@H]2O)[C@@H](O)[C@@H](O)[C@@H]1O. The van der Waals surface area contributed by atoms with Crippen LogP contribution in [-0.2, 0) is 14.2 Å². The highest BCUT2D eigenvalue weighted by molar-refractivity contribution is 4.92. The second kappa shape index (κ2) is 7.45. The maximum absolute atomic E-state index is 9.93. The molecule has 0 spiro atoms. The van der Waals surface area contributed by atoms with Gasteiger partial charge >= 0.3 is 0 Å². The van der Waals surface area contributed by atoms with Crippen LogP contribution in [0.1, 0.15) is 0 Å². The molecule has 0 bridgehead atoms. The lowest BCUT2D eigenvalue weighted by molar-refractivity contribution is -0.331. The number of aliphatic hydroxyl groups excluding tert-OH is 7. The van der Waals surface area contributed by atoms with Crippen LogP contribution in [0.15, 0.2) is 0 Å². The Kier molecular flexibility index (Phi) is 6.07. The first-order chi connectivity index (χ1) is 10.4. The van der Waals surface area contributed by atoms with Gasteiger partial charge in [-0.25, -0.2) is 0 Å². The molecule has 10 nitrogen and oxygen atoms in total. The van der Waals surface area contributed by atoms with E-state index in [2.05, 4.69) is 0 Å². The summed E-state index contributed by atoms with van der Waals surface area (Å²) in [5.74, 6) is 0. The first kappa shape index (κ1) is 17.9. The van der Waals surface area contributed by atoms with Gasteiger partial charge in [0.05, 0.1) is 19.8 Å². The summed E-state index contributed by atoms with van der Waals surface area (Å²) in [4.78, 5) is 0. The molecule has 0 aromatic rings. The second-order valence-electron chi connectivity index (χ2n) is 5.41. The minimum atomic E-state index is -1.61. The summed E-state index contributed by atoms with van der Waals surface area (Å²) in [5, 5.41) is 66.9. The van der Waals surface area contributed by atoms with Crippen molar-refractivity contribution in [2.24, 2.45) is 0 Å². The normalized spacial score (nSPS) is 50.0. The van der Waals surface area contributed by atoms with Crippen molar-refractivity contribution in [2.45, 2.75) is 55.1 Å². The van der Waals surface area contributed by atoms with Crippen LogP contribution in [0.2, 0.25) is 0 Å². The Morgan fingerprint density at radius 2 is 1.36 bits per heavy atom. The molecule has 7 N–H and O–H groups in total. The summed E-state index contributed by atoms with van der Waals surface area (Å²) in [6.07, 6.45) is -12.1. The van der Waals surface area contributed by atoms with Gasteiger partial charge in [0.15, 0.2) is 6.29 Å². The van der Waals surface area contributed by atoms with Crippen LogP contribution in [0.4, 0.5) is 0 Å². The summed E-state index contributed by atoms with van der Waals surface area (Å²) in [7, 11) is 0. The van der Waals surface area contributed by atoms with E-state index in [-0.39, 0.29) is 6.61 Å². The molecule has 0 amide bonds. The van der Waals surface area contributed by atoms with Gasteiger partial charge in [-0.2, -0.15) is 0 Å². The molecule has 22 heavy (non-hydrogen) atoms. The van der Waals surface area contributed by atoms with E-state index in [4.69, 9.17) is 24.4 Å². The molecule has 0 aromatic carbocycles. The molecule has 130 valence electrons. The van der Waals surface area contributed by atoms with Gasteiger partial charge < -0.3 is 50.0 Å². The van der Waals surface area contributed by atoms with Gasteiger partial charge in [-0.05, 0) is 0 Å². The molecular weight excluding hydrogens is 304 g/mol. The van der Waals surface area contributed by atoms with Gasteiger partial charge in [0.1, 0.15) is 48.8 Å². The molecule has 0 aromatic heterocycles. The lowest BCUT2D eigenvalue weighted by Crippen LogP contribution is -2.62. The number of aliphatic hydroxyl groups is 7. The fourth-order valence-electron chi connectivity index (χ4n) is 2.49. The third-order valence-corrected chi connectivity index (χ3v) is 3.92. The number of hydrogen-bond acceptors (Lipinski definition) is 10. The first-order valence-electron chi connectivity index (χ1n) is 6.95. The van der Waals surface area contributed by atoms with Crippen molar-refractivity contribution in [2.75, 3.05) is 19.8 Å². The highest BCUT2D eigenvalue weighted by atomic mass is 16.7. The third kappa shape index (κ3) is 3.41. The Morgan fingerprint density at radius 3 is 1.95 bits per heavy atom. The molecule has 2 aliphatic heterocycles. The maximum Gasteiger partial charge on any atom is 0.187 e. The van der Waals surface area contributed by atoms with Crippen LogP contribution in [0.3, 0.4) is 0 Å². The molecule has 0 unspecified atom stereocenters. The number of hydrogen-bond donors (Lipinski definition) is 7. The standard InChI is InChI=1S/C12H22O10/c13-1-4-7(15)9(17)6(3-20-4)22-12-11(19)10(18)8(16)5(2-14)21-12/h4-19H,1-3H2/t4-,5-,6-,7-,8-,9-,10+,11+,12+/m1/s1. The molecule has 0 saturated carbocycles. The summed E-state index contributed by atoms with van der Waals surface area (Å²) in [5.41, 5.74) is 0. The third-order valence-electron chi connectivity index (χ3n) is 3.92. The Bertz CT molecular complexity index is 353. The molecule has 0 radical (unpaired) electrons. The van der Waals surface area contributed by atoms with Crippen LogP contribution < -0.4 is 0 Å². The van der Waals surface area contributed by atoms with E-state index >= 15 is 0 Å². The van der Waals surface area contributed by atoms with Crippen LogP contribution >= 0.6 is 0 Å². The van der Waals surface area contributed by atoms with E-state index in [9.17, 15) is 25.5 Å². The topological polar surface area (TPSA) is 169 Å². The molecule has 10 heteroatoms. The lowest BCUT2D eigenvalue weighted by Gasteiger charge is -2.43. The fourth-order valence-corrected chi connectivity index (χ4v) is 2.49. The Labute approximate surface area is 126 Å². The number of rotatable bonds is 4. The van der Waals surface area contributed by atoms with Gasteiger partial charge in [-0.3, -0.25) is 0 Å². The quantitative estimate of drug-likeness (QED) is 0.266. The van der Waals surface area contributed by atoms with Crippen LogP contribution in [0.5, 0.6) is 0 Å². The average molecular weight is 326 g/mol. The molecule has 2 saturated heterocycles. The van der Waals surface area contributed by atoms with Crippen molar-refractivity contribution in [3.63, 3.8) is 0 Å². The maximum atomic E-state index is 9.93. The van der Waals surface area contributed by atoms with E-state index < -0.39 is 68.3 Å². The Morgan fingerprint density at radius 1 is 0.773 bits per heavy atom. The smallest absolute Gasteiger partial charge is 0.187 e. The van der Waals surface area contributed by atoms with Gasteiger partial charge in [0.2, 0.25) is 0 Å². The summed E-state index contributed by atoms with van der Waals surface area (Å²) in [6, 6.07) is 0. The van der Waals surface area contributed by atoms with Crippen molar-refractivity contribution in [1.29, 1.82) is 0 Å². The molecule has 0 aliphatic carbocycles. The highest BCUT2D eigenvalue weighted by Gasteiger charge is 2.47. The van der Waals surface area contributed by atoms with Crippen LogP contribution in [0.25, 0.3) is 0 Å². The summed E-state index contributed by atoms with van der Waals surface area (Å²) < 4.78 is 15.6. The minimum Gasteiger partial charge on any atom is -0.394 e. The predicted molar refractivity (Wildman–Crippen MR) is 67.5 cm³/mol. The van der Waals surface area contributed by atoms with Crippen LogP contribution in [-0.4, -0.2) is 111 Å². The van der Waals surface area contributed by atoms with Crippen molar-refractivity contribution in [1.82, 2.24) is 0 Å². The van der Waals surface area contributed by atoms with E-state index in [0.29, 0.717) is 0 Å². The molecule has 2 aliphatic rings. The van der Waals surface area contributed by atoms with Crippen molar-refractivity contribution < 1.29 is 50.0 Å². The highest BCUT2D eigenvalue weighted by Crippen LogP contribution is 2.26. The Balaban J connectivity index is 2.00. The van der Waals surface area contributed by atoms with Crippen molar-refractivity contribution in [3.8, 4) is 0 Å². The molecule has 2 heterocycles. The molecular formula is C12H22O10. The van der Waals surface area contributed by atoms with E-state index in [1.807, 2.05) is 0 Å². The molecule has 2 rings (SSSR count). The lowest BCUT2D eigenvalue weighted by atomic mass is 9.98. The van der Waals surface area contributed by atoms with E-state index in [1.54, 1.807) is 0 Å². The molecule has 9 atom stereocenters. The summed E-state index contributed by atoms with van der Waals surface area (Å²) >= 11 is 0. The largest absolute Gasteiger partial charge is 0.394 e. The summed E-state index contributed by atoms with van der Waals surface area (Å²) in [6.45, 7) is -1.27. The van der Waals surface area contributed by atoms with Gasteiger partial charge in [0.25, 0.3) is 0 Å². The predicted octanol–water partition coefficient (Wildman–Crippen LogP) is -4.72. The van der Waals surface area contributed by atoms with Gasteiger partial charge in [-0.1, -0.05) is 0 Å². The zero-order valence-corrected chi connectivity index (χ0v) is 11.7. The van der Waals surface area contributed by atoms with Gasteiger partial charge in [0, 0.05) is 0 Å². The van der Waals surface area contributed by atoms with E-state index in [0.717, 1.165) is 0 Å². The monoisotopic (exact) mass is 326 g/mol. The van der Waals surface area contributed by atoms with Crippen molar-refractivity contribution >= 4 is 0 Å². The van der Waals surface area contributed by atoms with Gasteiger partial charge in [-0.15, -0.1) is 0 Å². The van der Waals surface area contributed by atoms with Crippen molar-refractivity contribution in [3.05, 3.63) is 0 Å². The minimum absolute atomic E-state index is 0.182. The van der Waals surface area contributed by atoms with Crippen LogP contribution in [0, 0.1) is 0 Å². The number of ether oxygens (including phenoxy) is 3. The first-order valence-corrected chi connectivity index (χ1v) is 6.95. The molecule has 2 fully saturated rings. The average Bonchev–Trinajstić information content (AvgIpc) is 2.52. The fraction of sp³-hybridized carbons (Fsp3) is 1.00. The Hall–Kier alpha value is -0.400. The second-order valence-corrected chi connectivity index (χ2v) is 5.41.